The topological polar surface area (TPSA) is 87.2 Å². The SMILES string of the molecule is CC(C)C[C@H](NC(=O)c1ccc(-c2csc(-c3cccnc3)n2)cc1)C(=O)N[C@@H]1CCN(Cc2ccccc2)C1. The standard InChI is InChI=1S/C32H35N5O2S/c1-22(2)17-28(31(39)34-27-14-16-37(20-27)19-23-7-4-3-5-8-23)35-30(38)25-12-10-24(11-13-25)29-21-40-32(36-29)26-9-6-15-33-18-26/h3-13,15,18,21-22,27-28H,14,16-17,19-20H2,1-2H3,(H,34,39)(H,35,38)/t27-,28+/m1/s1. The van der Waals surface area contributed by atoms with Gasteiger partial charge in [-0.2, -0.15) is 0 Å². The lowest BCUT2D eigenvalue weighted by atomic mass is 10.0. The second kappa shape index (κ2) is 13.0. The molecule has 1 aliphatic rings. The lowest BCUT2D eigenvalue weighted by Crippen LogP contribution is -2.50. The first kappa shape index (κ1) is 27.7. The molecule has 1 fully saturated rings. The van der Waals surface area contributed by atoms with Crippen LogP contribution in [-0.2, 0) is 11.3 Å². The third-order valence-corrected chi connectivity index (χ3v) is 7.94. The normalized spacial score (nSPS) is 16.1. The lowest BCUT2D eigenvalue weighted by molar-refractivity contribution is -0.124. The molecule has 0 saturated carbocycles. The molecule has 3 heterocycles. The van der Waals surface area contributed by atoms with Gasteiger partial charge in [0, 0.05) is 60.1 Å². The van der Waals surface area contributed by atoms with Gasteiger partial charge in [0.05, 0.1) is 5.69 Å². The Bertz CT molecular complexity index is 1410. The zero-order valence-electron chi connectivity index (χ0n) is 22.9. The number of aromatic nitrogens is 2. The van der Waals surface area contributed by atoms with Crippen LogP contribution in [0.2, 0.25) is 0 Å². The quantitative estimate of drug-likeness (QED) is 0.274. The minimum Gasteiger partial charge on any atom is -0.350 e. The van der Waals surface area contributed by atoms with Crippen molar-refractivity contribution in [3.8, 4) is 21.8 Å². The Kier molecular flexibility index (Phi) is 8.98. The zero-order valence-corrected chi connectivity index (χ0v) is 23.7. The summed E-state index contributed by atoms with van der Waals surface area (Å²) in [5.74, 6) is -0.107. The third kappa shape index (κ3) is 7.20. The summed E-state index contributed by atoms with van der Waals surface area (Å²) in [5, 5.41) is 9.09. The molecule has 4 aromatic rings. The fraction of sp³-hybridized carbons (Fsp3) is 0.312. The van der Waals surface area contributed by atoms with Crippen molar-refractivity contribution in [2.75, 3.05) is 13.1 Å². The van der Waals surface area contributed by atoms with E-state index >= 15 is 0 Å². The molecule has 2 atom stereocenters. The van der Waals surface area contributed by atoms with Crippen LogP contribution in [0, 0.1) is 5.92 Å². The van der Waals surface area contributed by atoms with Crippen molar-refractivity contribution in [3.63, 3.8) is 0 Å². The first-order valence-corrected chi connectivity index (χ1v) is 14.7. The molecule has 2 amide bonds. The summed E-state index contributed by atoms with van der Waals surface area (Å²) in [6.07, 6.45) is 5.02. The molecule has 0 unspecified atom stereocenters. The molecule has 0 spiro atoms. The van der Waals surface area contributed by atoms with Gasteiger partial charge in [-0.25, -0.2) is 4.98 Å². The summed E-state index contributed by atoms with van der Waals surface area (Å²) in [6.45, 7) is 6.75. The van der Waals surface area contributed by atoms with Crippen LogP contribution in [0.5, 0.6) is 0 Å². The molecular formula is C32H35N5O2S. The van der Waals surface area contributed by atoms with Crippen LogP contribution in [0.3, 0.4) is 0 Å². The Morgan fingerprint density at radius 2 is 1.82 bits per heavy atom. The molecule has 8 heteroatoms. The van der Waals surface area contributed by atoms with Gasteiger partial charge in [-0.05, 0) is 48.6 Å². The fourth-order valence-electron chi connectivity index (χ4n) is 5.00. The number of hydrogen-bond acceptors (Lipinski definition) is 6. The van der Waals surface area contributed by atoms with E-state index in [9.17, 15) is 9.59 Å². The van der Waals surface area contributed by atoms with Gasteiger partial charge in [0.1, 0.15) is 11.0 Å². The minimum absolute atomic E-state index is 0.0803. The Balaban J connectivity index is 1.18. The molecule has 5 rings (SSSR count). The highest BCUT2D eigenvalue weighted by Gasteiger charge is 2.28. The summed E-state index contributed by atoms with van der Waals surface area (Å²) in [4.78, 5) is 37.7. The van der Waals surface area contributed by atoms with Crippen LogP contribution in [0.4, 0.5) is 0 Å². The van der Waals surface area contributed by atoms with E-state index < -0.39 is 6.04 Å². The molecule has 0 radical (unpaired) electrons. The van der Waals surface area contributed by atoms with Crippen molar-refractivity contribution < 1.29 is 9.59 Å². The fourth-order valence-corrected chi connectivity index (χ4v) is 5.82. The molecule has 2 aromatic carbocycles. The molecule has 2 N–H and O–H groups in total. The van der Waals surface area contributed by atoms with Gasteiger partial charge >= 0.3 is 0 Å². The molecular weight excluding hydrogens is 518 g/mol. The average molecular weight is 554 g/mol. The second-order valence-electron chi connectivity index (χ2n) is 10.7. The molecule has 0 aliphatic carbocycles. The van der Waals surface area contributed by atoms with E-state index in [2.05, 4.69) is 58.6 Å². The van der Waals surface area contributed by atoms with Crippen LogP contribution in [0.15, 0.2) is 84.5 Å². The van der Waals surface area contributed by atoms with Crippen LogP contribution in [-0.4, -0.2) is 51.9 Å². The number of thiazole rings is 1. The van der Waals surface area contributed by atoms with Crippen molar-refractivity contribution in [2.24, 2.45) is 5.92 Å². The van der Waals surface area contributed by atoms with Crippen molar-refractivity contribution in [3.05, 3.63) is 95.6 Å². The maximum Gasteiger partial charge on any atom is 0.251 e. The number of rotatable bonds is 10. The van der Waals surface area contributed by atoms with E-state index in [0.717, 1.165) is 47.9 Å². The first-order valence-electron chi connectivity index (χ1n) is 13.8. The molecule has 2 aromatic heterocycles. The maximum atomic E-state index is 13.3. The largest absolute Gasteiger partial charge is 0.350 e. The predicted octanol–water partition coefficient (Wildman–Crippen LogP) is 5.41. The molecule has 1 aliphatic heterocycles. The average Bonchev–Trinajstić information content (AvgIpc) is 3.64. The number of carbonyl (C=O) groups excluding carboxylic acids is 2. The summed E-state index contributed by atoms with van der Waals surface area (Å²) in [5.41, 5.74) is 4.55. The van der Waals surface area contributed by atoms with Crippen LogP contribution < -0.4 is 10.6 Å². The Morgan fingerprint density at radius 1 is 1.02 bits per heavy atom. The van der Waals surface area contributed by atoms with E-state index in [4.69, 9.17) is 4.98 Å². The maximum absolute atomic E-state index is 13.3. The molecule has 7 nitrogen and oxygen atoms in total. The highest BCUT2D eigenvalue weighted by atomic mass is 32.1. The van der Waals surface area contributed by atoms with Gasteiger partial charge in [-0.3, -0.25) is 19.5 Å². The number of hydrogen-bond donors (Lipinski definition) is 2. The molecule has 206 valence electrons. The van der Waals surface area contributed by atoms with Gasteiger partial charge in [0.15, 0.2) is 0 Å². The van der Waals surface area contributed by atoms with E-state index in [1.807, 2.05) is 35.7 Å². The van der Waals surface area contributed by atoms with E-state index in [-0.39, 0.29) is 23.8 Å². The van der Waals surface area contributed by atoms with Crippen molar-refractivity contribution in [1.82, 2.24) is 25.5 Å². The number of amides is 2. The van der Waals surface area contributed by atoms with Gasteiger partial charge in [0.2, 0.25) is 5.91 Å². The number of benzene rings is 2. The van der Waals surface area contributed by atoms with Crippen LogP contribution in [0.1, 0.15) is 42.6 Å². The van der Waals surface area contributed by atoms with Crippen molar-refractivity contribution in [2.45, 2.75) is 45.3 Å². The number of carbonyl (C=O) groups is 2. The van der Waals surface area contributed by atoms with Gasteiger partial charge in [-0.15, -0.1) is 11.3 Å². The smallest absolute Gasteiger partial charge is 0.251 e. The monoisotopic (exact) mass is 553 g/mol. The number of pyridine rings is 1. The Labute approximate surface area is 239 Å². The number of nitrogens with zero attached hydrogens (tertiary/aromatic N) is 3. The van der Waals surface area contributed by atoms with Crippen molar-refractivity contribution in [1.29, 1.82) is 0 Å². The highest BCUT2D eigenvalue weighted by Crippen LogP contribution is 2.28. The van der Waals surface area contributed by atoms with Gasteiger partial charge in [0.25, 0.3) is 5.91 Å². The summed E-state index contributed by atoms with van der Waals surface area (Å²) < 4.78 is 0. The van der Waals surface area contributed by atoms with E-state index in [1.165, 1.54) is 5.56 Å². The minimum atomic E-state index is -0.587. The summed E-state index contributed by atoms with van der Waals surface area (Å²) in [7, 11) is 0. The van der Waals surface area contributed by atoms with Gasteiger partial charge in [-0.1, -0.05) is 56.3 Å². The third-order valence-electron chi connectivity index (χ3n) is 7.05. The van der Waals surface area contributed by atoms with Gasteiger partial charge < -0.3 is 10.6 Å². The number of likely N-dealkylation sites (tertiary alicyclic amines) is 1. The van der Waals surface area contributed by atoms with Crippen LogP contribution in [0.25, 0.3) is 21.8 Å². The van der Waals surface area contributed by atoms with E-state index in [1.54, 1.807) is 35.9 Å². The molecule has 1 saturated heterocycles. The number of nitrogens with one attached hydrogen (secondary N) is 2. The predicted molar refractivity (Wildman–Crippen MR) is 160 cm³/mol. The molecule has 40 heavy (non-hydrogen) atoms. The summed E-state index contributed by atoms with van der Waals surface area (Å²) in [6, 6.07) is 21.1. The van der Waals surface area contributed by atoms with Crippen LogP contribution >= 0.6 is 11.3 Å². The second-order valence-corrected chi connectivity index (χ2v) is 11.6. The summed E-state index contributed by atoms with van der Waals surface area (Å²) >= 11 is 1.56. The lowest BCUT2D eigenvalue weighted by Gasteiger charge is -2.23. The Morgan fingerprint density at radius 3 is 2.55 bits per heavy atom. The van der Waals surface area contributed by atoms with Crippen molar-refractivity contribution >= 4 is 23.2 Å². The first-order chi connectivity index (χ1) is 19.4. The zero-order chi connectivity index (χ0) is 27.9. The highest BCUT2D eigenvalue weighted by molar-refractivity contribution is 7.13. The Hall–Kier alpha value is -3.88. The van der Waals surface area contributed by atoms with E-state index in [0.29, 0.717) is 12.0 Å². The molecule has 0 bridgehead atoms.